The van der Waals surface area contributed by atoms with Crippen molar-refractivity contribution in [2.24, 2.45) is 5.92 Å². The molecule has 2 heterocycles. The normalized spacial score (nSPS) is 34.1. The molecule has 0 saturated carbocycles. The van der Waals surface area contributed by atoms with E-state index >= 15 is 0 Å². The summed E-state index contributed by atoms with van der Waals surface area (Å²) < 4.78 is 10.1. The molecule has 4 heteroatoms. The maximum absolute atomic E-state index is 12.0. The first-order valence-electron chi connectivity index (χ1n) is 5.61. The summed E-state index contributed by atoms with van der Waals surface area (Å²) in [6, 6.07) is 0. The van der Waals surface area contributed by atoms with Crippen LogP contribution in [0.3, 0.4) is 0 Å². The van der Waals surface area contributed by atoms with Crippen LogP contribution in [0.2, 0.25) is 0 Å². The van der Waals surface area contributed by atoms with E-state index in [-0.39, 0.29) is 5.97 Å². The number of fused-ring (bicyclic) bond motifs is 1. The van der Waals surface area contributed by atoms with Crippen LogP contribution in [0.5, 0.6) is 0 Å². The van der Waals surface area contributed by atoms with Crippen molar-refractivity contribution in [3.05, 3.63) is 12.2 Å². The number of carbonyl (C=O) groups excluding carboxylic acids is 1. The van der Waals surface area contributed by atoms with Crippen LogP contribution in [0.15, 0.2) is 12.2 Å². The van der Waals surface area contributed by atoms with Crippen LogP contribution in [0.1, 0.15) is 12.8 Å². The second-order valence-corrected chi connectivity index (χ2v) is 4.86. The summed E-state index contributed by atoms with van der Waals surface area (Å²) in [5.74, 6) is 0.307. The highest BCUT2D eigenvalue weighted by atomic mass is 16.5. The molecule has 0 unspecified atom stereocenters. The molecule has 2 aliphatic rings. The Labute approximate surface area is 96.2 Å². The van der Waals surface area contributed by atoms with Crippen molar-refractivity contribution >= 4 is 5.97 Å². The van der Waals surface area contributed by atoms with Crippen molar-refractivity contribution in [1.29, 1.82) is 0 Å². The van der Waals surface area contributed by atoms with Gasteiger partial charge in [-0.05, 0) is 18.8 Å². The van der Waals surface area contributed by atoms with Crippen LogP contribution < -0.4 is 0 Å². The number of nitrogens with zero attached hydrogens (tertiary/aromatic N) is 1. The van der Waals surface area contributed by atoms with Crippen LogP contribution in [-0.4, -0.2) is 50.3 Å². The second-order valence-electron chi connectivity index (χ2n) is 4.86. The summed E-state index contributed by atoms with van der Waals surface area (Å²) in [5.41, 5.74) is 0.677. The van der Waals surface area contributed by atoms with Gasteiger partial charge in [0.2, 0.25) is 0 Å². The zero-order chi connectivity index (χ0) is 11.8. The minimum absolute atomic E-state index is 0.121. The fourth-order valence-electron chi connectivity index (χ4n) is 3.12. The molecule has 0 bridgehead atoms. The predicted molar refractivity (Wildman–Crippen MR) is 60.1 cm³/mol. The summed E-state index contributed by atoms with van der Waals surface area (Å²) >= 11 is 0. The van der Waals surface area contributed by atoms with Gasteiger partial charge in [0.1, 0.15) is 5.54 Å². The number of rotatable bonds is 3. The van der Waals surface area contributed by atoms with Crippen LogP contribution >= 0.6 is 0 Å². The SMILES string of the molecule is C=C1CN2C[C@@H](COC)C[C@@]2(C(=O)OC)C1. The topological polar surface area (TPSA) is 38.8 Å². The first kappa shape index (κ1) is 11.6. The number of ether oxygens (including phenoxy) is 2. The largest absolute Gasteiger partial charge is 0.468 e. The number of esters is 1. The van der Waals surface area contributed by atoms with E-state index in [2.05, 4.69) is 11.5 Å². The molecular formula is C12H19NO3. The van der Waals surface area contributed by atoms with Crippen molar-refractivity contribution < 1.29 is 14.3 Å². The van der Waals surface area contributed by atoms with Gasteiger partial charge < -0.3 is 9.47 Å². The van der Waals surface area contributed by atoms with E-state index in [1.165, 1.54) is 7.11 Å². The van der Waals surface area contributed by atoms with E-state index in [1.54, 1.807) is 7.11 Å². The van der Waals surface area contributed by atoms with E-state index in [9.17, 15) is 4.79 Å². The molecule has 2 saturated heterocycles. The lowest BCUT2D eigenvalue weighted by atomic mass is 9.89. The Morgan fingerprint density at radius 2 is 2.38 bits per heavy atom. The standard InChI is InChI=1S/C12H19NO3/c1-9-4-12(11(14)16-3)5-10(8-15-2)7-13(12)6-9/h10H,1,4-8H2,2-3H3/t10-,12+/m0/s1. The van der Waals surface area contributed by atoms with Gasteiger partial charge in [-0.2, -0.15) is 0 Å². The smallest absolute Gasteiger partial charge is 0.326 e. The van der Waals surface area contributed by atoms with Gasteiger partial charge in [0.15, 0.2) is 0 Å². The molecule has 0 aromatic rings. The fraction of sp³-hybridized carbons (Fsp3) is 0.750. The first-order chi connectivity index (χ1) is 7.62. The highest BCUT2D eigenvalue weighted by Gasteiger charge is 2.55. The molecule has 0 aliphatic carbocycles. The quantitative estimate of drug-likeness (QED) is 0.527. The molecule has 2 atom stereocenters. The van der Waals surface area contributed by atoms with Gasteiger partial charge in [0.25, 0.3) is 0 Å². The third-order valence-corrected chi connectivity index (χ3v) is 3.63. The molecule has 0 aromatic carbocycles. The van der Waals surface area contributed by atoms with Crippen molar-refractivity contribution in [2.75, 3.05) is 33.9 Å². The van der Waals surface area contributed by atoms with E-state index in [0.29, 0.717) is 12.5 Å². The maximum Gasteiger partial charge on any atom is 0.326 e. The third-order valence-electron chi connectivity index (χ3n) is 3.63. The Hall–Kier alpha value is -0.870. The van der Waals surface area contributed by atoms with Gasteiger partial charge in [-0.15, -0.1) is 0 Å². The molecule has 2 rings (SSSR count). The Morgan fingerprint density at radius 1 is 1.62 bits per heavy atom. The molecule has 0 N–H and O–H groups in total. The van der Waals surface area contributed by atoms with Crippen LogP contribution in [0.25, 0.3) is 0 Å². The number of methoxy groups -OCH3 is 2. The van der Waals surface area contributed by atoms with Gasteiger partial charge in [-0.1, -0.05) is 12.2 Å². The maximum atomic E-state index is 12.0. The monoisotopic (exact) mass is 225 g/mol. The minimum atomic E-state index is -0.449. The van der Waals surface area contributed by atoms with Gasteiger partial charge >= 0.3 is 5.97 Å². The molecule has 0 amide bonds. The first-order valence-corrected chi connectivity index (χ1v) is 5.61. The van der Waals surface area contributed by atoms with Crippen molar-refractivity contribution in [3.8, 4) is 0 Å². The van der Waals surface area contributed by atoms with Crippen molar-refractivity contribution in [3.63, 3.8) is 0 Å². The highest BCUT2D eigenvalue weighted by molar-refractivity contribution is 5.82. The molecular weight excluding hydrogens is 206 g/mol. The molecule has 2 aliphatic heterocycles. The molecule has 4 nitrogen and oxygen atoms in total. The van der Waals surface area contributed by atoms with Gasteiger partial charge in [0, 0.05) is 20.2 Å². The number of hydrogen-bond acceptors (Lipinski definition) is 4. The van der Waals surface area contributed by atoms with Crippen LogP contribution in [0, 0.1) is 5.92 Å². The lowest BCUT2D eigenvalue weighted by Gasteiger charge is -2.27. The lowest BCUT2D eigenvalue weighted by molar-refractivity contribution is -0.151. The Morgan fingerprint density at radius 3 is 3.00 bits per heavy atom. The van der Waals surface area contributed by atoms with E-state index in [0.717, 1.165) is 31.5 Å². The molecule has 0 aromatic heterocycles. The molecule has 0 radical (unpaired) electrons. The van der Waals surface area contributed by atoms with Gasteiger partial charge in [-0.3, -0.25) is 9.69 Å². The third kappa shape index (κ3) is 1.66. The van der Waals surface area contributed by atoms with E-state index in [1.807, 2.05) is 0 Å². The Balaban J connectivity index is 2.18. The predicted octanol–water partition coefficient (Wildman–Crippen LogP) is 0.826. The summed E-state index contributed by atoms with van der Waals surface area (Å²) in [7, 11) is 3.16. The summed E-state index contributed by atoms with van der Waals surface area (Å²) in [6.07, 6.45) is 1.56. The van der Waals surface area contributed by atoms with Gasteiger partial charge in [-0.25, -0.2) is 0 Å². The fourth-order valence-corrected chi connectivity index (χ4v) is 3.12. The average Bonchev–Trinajstić information content (AvgIpc) is 2.70. The van der Waals surface area contributed by atoms with Crippen molar-refractivity contribution in [2.45, 2.75) is 18.4 Å². The number of hydrogen-bond donors (Lipinski definition) is 0. The molecule has 16 heavy (non-hydrogen) atoms. The van der Waals surface area contributed by atoms with Crippen molar-refractivity contribution in [1.82, 2.24) is 4.90 Å². The Kier molecular flexibility index (Phi) is 3.04. The Bertz CT molecular complexity index is 315. The van der Waals surface area contributed by atoms with E-state index < -0.39 is 5.54 Å². The molecule has 2 fully saturated rings. The summed E-state index contributed by atoms with van der Waals surface area (Å²) in [5, 5.41) is 0. The second kappa shape index (κ2) is 4.18. The van der Waals surface area contributed by atoms with Crippen LogP contribution in [-0.2, 0) is 14.3 Å². The summed E-state index contributed by atoms with van der Waals surface area (Å²) in [4.78, 5) is 14.2. The van der Waals surface area contributed by atoms with E-state index in [4.69, 9.17) is 9.47 Å². The zero-order valence-electron chi connectivity index (χ0n) is 9.99. The van der Waals surface area contributed by atoms with Gasteiger partial charge in [0.05, 0.1) is 13.7 Å². The molecule has 0 spiro atoms. The summed E-state index contributed by atoms with van der Waals surface area (Å²) in [6.45, 7) is 6.42. The number of carbonyl (C=O) groups is 1. The highest BCUT2D eigenvalue weighted by Crippen LogP contribution is 2.43. The average molecular weight is 225 g/mol. The zero-order valence-corrected chi connectivity index (χ0v) is 9.99. The molecule has 90 valence electrons. The lowest BCUT2D eigenvalue weighted by Crippen LogP contribution is -2.46. The minimum Gasteiger partial charge on any atom is -0.468 e. The van der Waals surface area contributed by atoms with Crippen LogP contribution in [0.4, 0.5) is 0 Å².